The van der Waals surface area contributed by atoms with Gasteiger partial charge in [-0.1, -0.05) is 51.7 Å². The molecule has 0 atom stereocenters. The maximum atomic E-state index is 11.8. The zero-order valence-electron chi connectivity index (χ0n) is 12.9. The van der Waals surface area contributed by atoms with Crippen LogP contribution >= 0.6 is 0 Å². The van der Waals surface area contributed by atoms with E-state index in [9.17, 15) is 9.59 Å². The van der Waals surface area contributed by atoms with E-state index in [4.69, 9.17) is 9.47 Å². The van der Waals surface area contributed by atoms with Gasteiger partial charge in [-0.25, -0.2) is 0 Å². The fourth-order valence-electron chi connectivity index (χ4n) is 1.86. The van der Waals surface area contributed by atoms with Crippen molar-refractivity contribution in [3.8, 4) is 11.5 Å². The lowest BCUT2D eigenvalue weighted by Crippen LogP contribution is -2.11. The highest BCUT2D eigenvalue weighted by molar-refractivity contribution is 5.75. The number of ether oxygens (including phenoxy) is 2. The van der Waals surface area contributed by atoms with Gasteiger partial charge in [0, 0.05) is 12.8 Å². The number of hydrogen-bond acceptors (Lipinski definition) is 4. The average Bonchev–Trinajstić information content (AvgIpc) is 2.49. The second kappa shape index (κ2) is 9.97. The summed E-state index contributed by atoms with van der Waals surface area (Å²) in [6, 6.07) is 6.73. The Kier molecular flexibility index (Phi) is 8.17. The lowest BCUT2D eigenvalue weighted by atomic mass is 10.1. The second-order valence-electron chi connectivity index (χ2n) is 4.91. The van der Waals surface area contributed by atoms with Crippen molar-refractivity contribution in [1.82, 2.24) is 0 Å². The molecule has 4 heteroatoms. The first-order valence-electron chi connectivity index (χ1n) is 7.67. The van der Waals surface area contributed by atoms with Gasteiger partial charge in [0.2, 0.25) is 0 Å². The van der Waals surface area contributed by atoms with Crippen LogP contribution in [0.2, 0.25) is 0 Å². The van der Waals surface area contributed by atoms with Crippen molar-refractivity contribution in [3.63, 3.8) is 0 Å². The third-order valence-electron chi connectivity index (χ3n) is 3.07. The van der Waals surface area contributed by atoms with Crippen LogP contribution in [0.15, 0.2) is 24.3 Å². The summed E-state index contributed by atoms with van der Waals surface area (Å²) in [6.07, 6.45) is 6.06. The van der Waals surface area contributed by atoms with Crippen LogP contribution < -0.4 is 9.47 Å². The van der Waals surface area contributed by atoms with E-state index in [-0.39, 0.29) is 18.4 Å². The third-order valence-corrected chi connectivity index (χ3v) is 3.07. The van der Waals surface area contributed by atoms with E-state index in [1.165, 1.54) is 12.8 Å². The Morgan fingerprint density at radius 1 is 0.857 bits per heavy atom. The topological polar surface area (TPSA) is 52.6 Å². The van der Waals surface area contributed by atoms with Crippen molar-refractivity contribution in [3.05, 3.63) is 24.3 Å². The van der Waals surface area contributed by atoms with E-state index in [1.807, 2.05) is 0 Å². The van der Waals surface area contributed by atoms with Gasteiger partial charge in [0.15, 0.2) is 11.5 Å². The molecule has 0 spiro atoms. The minimum absolute atomic E-state index is 0.277. The molecule has 0 saturated carbocycles. The third kappa shape index (κ3) is 6.93. The molecule has 1 aromatic carbocycles. The fourth-order valence-corrected chi connectivity index (χ4v) is 1.86. The van der Waals surface area contributed by atoms with Gasteiger partial charge in [-0.05, 0) is 18.6 Å². The predicted molar refractivity (Wildman–Crippen MR) is 81.4 cm³/mol. The van der Waals surface area contributed by atoms with E-state index >= 15 is 0 Å². The molecule has 0 N–H and O–H groups in total. The maximum Gasteiger partial charge on any atom is 0.311 e. The lowest BCUT2D eigenvalue weighted by Gasteiger charge is -2.09. The molecule has 0 aliphatic rings. The van der Waals surface area contributed by atoms with Crippen molar-refractivity contribution in [1.29, 1.82) is 0 Å². The number of hydrogen-bond donors (Lipinski definition) is 0. The van der Waals surface area contributed by atoms with Gasteiger partial charge >= 0.3 is 11.9 Å². The zero-order valence-corrected chi connectivity index (χ0v) is 12.9. The molecule has 4 nitrogen and oxygen atoms in total. The van der Waals surface area contributed by atoms with Gasteiger partial charge in [-0.2, -0.15) is 0 Å². The highest BCUT2D eigenvalue weighted by Crippen LogP contribution is 2.27. The highest BCUT2D eigenvalue weighted by atomic mass is 16.6. The standard InChI is InChI=1S/C17H24O4/c1-3-5-6-7-8-13-17(19)21-15-12-10-9-11-14(15)20-16(18)4-2/h9-12H,3-8,13H2,1-2H3. The summed E-state index contributed by atoms with van der Waals surface area (Å²) in [7, 11) is 0. The van der Waals surface area contributed by atoms with Crippen LogP contribution in [0, 0.1) is 0 Å². The van der Waals surface area contributed by atoms with E-state index in [1.54, 1.807) is 31.2 Å². The number of benzene rings is 1. The average molecular weight is 292 g/mol. The Bertz CT molecular complexity index is 454. The van der Waals surface area contributed by atoms with Crippen molar-refractivity contribution in [2.45, 2.75) is 58.8 Å². The van der Waals surface area contributed by atoms with E-state index in [2.05, 4.69) is 6.92 Å². The Labute approximate surface area is 126 Å². The van der Waals surface area contributed by atoms with Gasteiger partial charge < -0.3 is 9.47 Å². The molecular formula is C17H24O4. The van der Waals surface area contributed by atoms with Crippen LogP contribution in [0.4, 0.5) is 0 Å². The molecule has 0 amide bonds. The molecule has 0 heterocycles. The Balaban J connectivity index is 2.46. The first kappa shape index (κ1) is 17.2. The van der Waals surface area contributed by atoms with Crippen molar-refractivity contribution in [2.24, 2.45) is 0 Å². The van der Waals surface area contributed by atoms with E-state index in [0.717, 1.165) is 19.3 Å². The molecule has 116 valence electrons. The first-order chi connectivity index (χ1) is 10.2. The minimum Gasteiger partial charge on any atom is -0.423 e. The Morgan fingerprint density at radius 3 is 2.00 bits per heavy atom. The smallest absolute Gasteiger partial charge is 0.311 e. The molecule has 0 aliphatic carbocycles. The van der Waals surface area contributed by atoms with Gasteiger partial charge in [0.25, 0.3) is 0 Å². The summed E-state index contributed by atoms with van der Waals surface area (Å²) in [5.74, 6) is -0.0360. The monoisotopic (exact) mass is 292 g/mol. The molecule has 0 unspecified atom stereocenters. The number of rotatable bonds is 9. The first-order valence-corrected chi connectivity index (χ1v) is 7.67. The number of para-hydroxylation sites is 2. The molecule has 0 aliphatic heterocycles. The molecule has 0 aromatic heterocycles. The van der Waals surface area contributed by atoms with Crippen molar-refractivity contribution < 1.29 is 19.1 Å². The van der Waals surface area contributed by atoms with Gasteiger partial charge in [0.1, 0.15) is 0 Å². The van der Waals surface area contributed by atoms with E-state index in [0.29, 0.717) is 17.9 Å². The number of carbonyl (C=O) groups is 2. The van der Waals surface area contributed by atoms with Crippen LogP contribution in [0.5, 0.6) is 11.5 Å². The summed E-state index contributed by atoms with van der Waals surface area (Å²) in [4.78, 5) is 23.1. The molecule has 1 aromatic rings. The maximum absolute atomic E-state index is 11.8. The van der Waals surface area contributed by atoms with Crippen LogP contribution in [-0.4, -0.2) is 11.9 Å². The van der Waals surface area contributed by atoms with Gasteiger partial charge in [-0.15, -0.1) is 0 Å². The summed E-state index contributed by atoms with van der Waals surface area (Å²) >= 11 is 0. The summed E-state index contributed by atoms with van der Waals surface area (Å²) < 4.78 is 10.4. The molecule has 0 bridgehead atoms. The highest BCUT2D eigenvalue weighted by Gasteiger charge is 2.12. The number of esters is 2. The zero-order chi connectivity index (χ0) is 15.5. The summed E-state index contributed by atoms with van der Waals surface area (Å²) in [6.45, 7) is 3.87. The normalized spacial score (nSPS) is 10.2. The largest absolute Gasteiger partial charge is 0.423 e. The number of unbranched alkanes of at least 4 members (excludes halogenated alkanes) is 4. The number of carbonyl (C=O) groups excluding carboxylic acids is 2. The summed E-state index contributed by atoms with van der Waals surface area (Å²) in [5.41, 5.74) is 0. The van der Waals surface area contributed by atoms with Crippen LogP contribution in [0.25, 0.3) is 0 Å². The Morgan fingerprint density at radius 2 is 1.43 bits per heavy atom. The fraction of sp³-hybridized carbons (Fsp3) is 0.529. The van der Waals surface area contributed by atoms with Crippen LogP contribution in [0.3, 0.4) is 0 Å². The van der Waals surface area contributed by atoms with Crippen molar-refractivity contribution >= 4 is 11.9 Å². The Hall–Kier alpha value is -1.84. The molecule has 0 saturated heterocycles. The molecule has 1 rings (SSSR count). The predicted octanol–water partition coefficient (Wildman–Crippen LogP) is 4.27. The molecular weight excluding hydrogens is 268 g/mol. The van der Waals surface area contributed by atoms with Crippen LogP contribution in [0.1, 0.15) is 58.8 Å². The lowest BCUT2D eigenvalue weighted by molar-refractivity contribution is -0.137. The van der Waals surface area contributed by atoms with Crippen LogP contribution in [-0.2, 0) is 9.59 Å². The SMILES string of the molecule is CCCCCCCC(=O)Oc1ccccc1OC(=O)CC. The van der Waals surface area contributed by atoms with Gasteiger partial charge in [-0.3, -0.25) is 9.59 Å². The van der Waals surface area contributed by atoms with Gasteiger partial charge in [0.05, 0.1) is 0 Å². The second-order valence-corrected chi connectivity index (χ2v) is 4.91. The quantitative estimate of drug-likeness (QED) is 0.387. The molecule has 0 radical (unpaired) electrons. The molecule has 0 fully saturated rings. The minimum atomic E-state index is -0.349. The summed E-state index contributed by atoms with van der Waals surface area (Å²) in [5, 5.41) is 0. The van der Waals surface area contributed by atoms with Crippen molar-refractivity contribution in [2.75, 3.05) is 0 Å². The van der Waals surface area contributed by atoms with E-state index < -0.39 is 0 Å². The molecule has 21 heavy (non-hydrogen) atoms.